The first-order chi connectivity index (χ1) is 17.7. The summed E-state index contributed by atoms with van der Waals surface area (Å²) in [5.74, 6) is -0.727. The molecule has 1 aliphatic heterocycles. The molecule has 11 heteroatoms. The maximum atomic E-state index is 14.4. The minimum atomic E-state index is -4.11. The van der Waals surface area contributed by atoms with E-state index < -0.39 is 15.8 Å². The number of rotatable bonds is 6. The van der Waals surface area contributed by atoms with Gasteiger partial charge in [-0.15, -0.1) is 0 Å². The van der Waals surface area contributed by atoms with Crippen molar-refractivity contribution in [2.24, 2.45) is 0 Å². The van der Waals surface area contributed by atoms with E-state index in [1.807, 2.05) is 31.2 Å². The van der Waals surface area contributed by atoms with Crippen molar-refractivity contribution < 1.29 is 17.6 Å². The second-order valence-corrected chi connectivity index (χ2v) is 11.5. The summed E-state index contributed by atoms with van der Waals surface area (Å²) >= 11 is 7.33. The Labute approximate surface area is 222 Å². The average Bonchev–Trinajstić information content (AvgIpc) is 2.88. The molecular weight excluding hydrogens is 535 g/mol. The van der Waals surface area contributed by atoms with Crippen LogP contribution in [0.15, 0.2) is 83.0 Å². The number of anilines is 2. The second-order valence-electron chi connectivity index (χ2n) is 8.33. The molecule has 1 aliphatic rings. The van der Waals surface area contributed by atoms with E-state index in [0.29, 0.717) is 22.0 Å². The van der Waals surface area contributed by atoms with Gasteiger partial charge in [-0.2, -0.15) is 0 Å². The lowest BCUT2D eigenvalue weighted by Gasteiger charge is -2.31. The van der Waals surface area contributed by atoms with E-state index in [2.05, 4.69) is 15.3 Å². The maximum absolute atomic E-state index is 14.4. The molecule has 1 N–H and O–H groups in total. The van der Waals surface area contributed by atoms with Gasteiger partial charge in [-0.1, -0.05) is 59.3 Å². The number of thioether (sulfide) groups is 1. The molecule has 0 unspecified atom stereocenters. The van der Waals surface area contributed by atoms with E-state index in [1.165, 1.54) is 18.3 Å². The highest BCUT2D eigenvalue weighted by atomic mass is 35.5. The van der Waals surface area contributed by atoms with Gasteiger partial charge in [0, 0.05) is 21.8 Å². The predicted molar refractivity (Wildman–Crippen MR) is 143 cm³/mol. The van der Waals surface area contributed by atoms with Crippen LogP contribution in [0.5, 0.6) is 0 Å². The highest BCUT2D eigenvalue weighted by molar-refractivity contribution is 7.99. The summed E-state index contributed by atoms with van der Waals surface area (Å²) in [7, 11) is -4.11. The van der Waals surface area contributed by atoms with Crippen LogP contribution < -0.4 is 9.62 Å². The van der Waals surface area contributed by atoms with Gasteiger partial charge in [0.15, 0.2) is 5.16 Å². The lowest BCUT2D eigenvalue weighted by Crippen LogP contribution is -2.34. The Bertz CT molecular complexity index is 1610. The summed E-state index contributed by atoms with van der Waals surface area (Å²) < 4.78 is 42.7. The van der Waals surface area contributed by atoms with E-state index in [0.717, 1.165) is 21.6 Å². The Morgan fingerprint density at radius 1 is 1.11 bits per heavy atom. The molecule has 4 aromatic rings. The predicted octanol–water partition coefficient (Wildman–Crippen LogP) is 5.68. The number of hydrogen-bond donors (Lipinski definition) is 1. The molecule has 0 saturated carbocycles. The summed E-state index contributed by atoms with van der Waals surface area (Å²) in [6.07, 6.45) is 1.22. The van der Waals surface area contributed by atoms with Gasteiger partial charge in [-0.05, 0) is 43.3 Å². The van der Waals surface area contributed by atoms with Crippen molar-refractivity contribution >= 4 is 50.7 Å². The Balaban J connectivity index is 1.44. The highest BCUT2D eigenvalue weighted by Crippen LogP contribution is 2.44. The molecule has 0 saturated heterocycles. The van der Waals surface area contributed by atoms with E-state index >= 15 is 0 Å². The van der Waals surface area contributed by atoms with Crippen LogP contribution in [0.4, 0.5) is 15.8 Å². The van der Waals surface area contributed by atoms with Gasteiger partial charge in [0.2, 0.25) is 5.91 Å². The number of nitrogens with one attached hydrogen (secondary N) is 1. The first-order valence-corrected chi connectivity index (χ1v) is 13.9. The molecule has 0 atom stereocenters. The number of carbonyl (C=O) groups is 1. The first kappa shape index (κ1) is 25.2. The number of carbonyl (C=O) groups excluding carboxylic acids is 1. The number of aromatic nitrogens is 2. The first-order valence-electron chi connectivity index (χ1n) is 11.1. The van der Waals surface area contributed by atoms with Crippen molar-refractivity contribution in [2.45, 2.75) is 23.5 Å². The van der Waals surface area contributed by atoms with Gasteiger partial charge in [-0.3, -0.25) is 9.10 Å². The molecule has 3 aromatic carbocycles. The molecule has 1 amide bonds. The smallest absolute Gasteiger partial charge is 0.268 e. The lowest BCUT2D eigenvalue weighted by molar-refractivity contribution is -0.113. The van der Waals surface area contributed by atoms with Crippen LogP contribution in [0.3, 0.4) is 0 Å². The van der Waals surface area contributed by atoms with Crippen LogP contribution in [0.1, 0.15) is 11.1 Å². The molecule has 37 heavy (non-hydrogen) atoms. The van der Waals surface area contributed by atoms with Gasteiger partial charge in [0.05, 0.1) is 29.9 Å². The summed E-state index contributed by atoms with van der Waals surface area (Å²) in [5, 5.41) is 3.43. The summed E-state index contributed by atoms with van der Waals surface area (Å²) in [6.45, 7) is 1.75. The number of nitrogens with zero attached hydrogens (tertiary/aromatic N) is 3. The fourth-order valence-corrected chi connectivity index (χ4v) is 6.22. The quantitative estimate of drug-likeness (QED) is 0.243. The third-order valence-electron chi connectivity index (χ3n) is 5.72. The lowest BCUT2D eigenvalue weighted by atomic mass is 10.1. The minimum Gasteiger partial charge on any atom is -0.325 e. The Kier molecular flexibility index (Phi) is 6.89. The SMILES string of the molecule is Cc1ccc(NC(=O)CSc2ncc3c(n2)-c2cc(Cl)ccc2N(Cc2ccccc2F)S3(=O)=O)cc1. The molecule has 188 valence electrons. The van der Waals surface area contributed by atoms with Crippen molar-refractivity contribution in [3.63, 3.8) is 0 Å². The number of aryl methyl sites for hydroxylation is 1. The van der Waals surface area contributed by atoms with Crippen molar-refractivity contribution in [3.8, 4) is 11.3 Å². The molecule has 7 nitrogen and oxygen atoms in total. The molecular formula is C26H20ClFN4O3S2. The zero-order chi connectivity index (χ0) is 26.2. The van der Waals surface area contributed by atoms with Crippen molar-refractivity contribution in [1.82, 2.24) is 9.97 Å². The van der Waals surface area contributed by atoms with Gasteiger partial charge >= 0.3 is 0 Å². The van der Waals surface area contributed by atoms with E-state index in [-0.39, 0.29) is 39.5 Å². The highest BCUT2D eigenvalue weighted by Gasteiger charge is 2.37. The molecule has 0 radical (unpaired) electrons. The number of amides is 1. The third kappa shape index (κ3) is 5.18. The molecule has 1 aromatic heterocycles. The number of halogens is 2. The molecule has 0 fully saturated rings. The zero-order valence-electron chi connectivity index (χ0n) is 19.5. The third-order valence-corrected chi connectivity index (χ3v) is 8.58. The van der Waals surface area contributed by atoms with Crippen LogP contribution in [-0.4, -0.2) is 30.0 Å². The van der Waals surface area contributed by atoms with Crippen LogP contribution >= 0.6 is 23.4 Å². The van der Waals surface area contributed by atoms with Crippen molar-refractivity contribution in [3.05, 3.63) is 94.9 Å². The maximum Gasteiger partial charge on any atom is 0.268 e. The molecule has 0 spiro atoms. The Morgan fingerprint density at radius 2 is 1.86 bits per heavy atom. The number of fused-ring (bicyclic) bond motifs is 3. The Morgan fingerprint density at radius 3 is 2.62 bits per heavy atom. The second kappa shape index (κ2) is 10.1. The summed E-state index contributed by atoms with van der Waals surface area (Å²) in [5.41, 5.74) is 2.96. The fraction of sp³-hybridized carbons (Fsp3) is 0.115. The van der Waals surface area contributed by atoms with Gasteiger partial charge in [-0.25, -0.2) is 22.8 Å². The van der Waals surface area contributed by atoms with Gasteiger partial charge < -0.3 is 5.32 Å². The molecule has 2 heterocycles. The van der Waals surface area contributed by atoms with Crippen LogP contribution in [0, 0.1) is 12.7 Å². The number of hydrogen-bond acceptors (Lipinski definition) is 6. The topological polar surface area (TPSA) is 92.3 Å². The monoisotopic (exact) mass is 554 g/mol. The number of benzene rings is 3. The van der Waals surface area contributed by atoms with Gasteiger partial charge in [0.25, 0.3) is 10.0 Å². The standard InChI is InChI=1S/C26H20ClFN4O3S2/c1-16-6-9-19(10-7-16)30-24(33)15-36-26-29-13-23-25(31-26)20-12-18(27)8-11-22(20)32(37(23,34)35)14-17-4-2-3-5-21(17)28/h2-13H,14-15H2,1H3,(H,30,33). The van der Waals surface area contributed by atoms with E-state index in [9.17, 15) is 17.6 Å². The van der Waals surface area contributed by atoms with Gasteiger partial charge in [0.1, 0.15) is 10.7 Å². The van der Waals surface area contributed by atoms with Crippen molar-refractivity contribution in [2.75, 3.05) is 15.4 Å². The van der Waals surface area contributed by atoms with Crippen LogP contribution in [0.2, 0.25) is 5.02 Å². The molecule has 0 aliphatic carbocycles. The summed E-state index contributed by atoms with van der Waals surface area (Å²) in [6, 6.07) is 18.2. The molecule has 0 bridgehead atoms. The summed E-state index contributed by atoms with van der Waals surface area (Å²) in [4.78, 5) is 21.0. The largest absolute Gasteiger partial charge is 0.325 e. The zero-order valence-corrected chi connectivity index (χ0v) is 21.9. The minimum absolute atomic E-state index is 0.0290. The fourth-order valence-electron chi connectivity index (χ4n) is 3.89. The normalized spacial score (nSPS) is 13.5. The average molecular weight is 555 g/mol. The van der Waals surface area contributed by atoms with E-state index in [4.69, 9.17) is 11.6 Å². The van der Waals surface area contributed by atoms with E-state index in [1.54, 1.807) is 30.3 Å². The van der Waals surface area contributed by atoms with Crippen LogP contribution in [-0.2, 0) is 21.4 Å². The Hall–Kier alpha value is -3.47. The molecule has 5 rings (SSSR count). The number of sulfonamides is 1. The van der Waals surface area contributed by atoms with Crippen LogP contribution in [0.25, 0.3) is 11.3 Å². The van der Waals surface area contributed by atoms with Crippen molar-refractivity contribution in [1.29, 1.82) is 0 Å².